The van der Waals surface area contributed by atoms with E-state index < -0.39 is 5.97 Å². The molecule has 1 heterocycles. The van der Waals surface area contributed by atoms with Gasteiger partial charge in [0.05, 0.1) is 6.42 Å². The molecule has 4 heteroatoms. The highest BCUT2D eigenvalue weighted by atomic mass is 16.4. The summed E-state index contributed by atoms with van der Waals surface area (Å²) in [6.07, 6.45) is 12.9. The molecule has 25 heavy (non-hydrogen) atoms. The van der Waals surface area contributed by atoms with Crippen LogP contribution >= 0.6 is 0 Å². The lowest BCUT2D eigenvalue weighted by atomic mass is 10.1. The predicted octanol–water partition coefficient (Wildman–Crippen LogP) is 4.20. The zero-order chi connectivity index (χ0) is 17.9. The minimum Gasteiger partial charge on any atom is -0.481 e. The second-order valence-electron chi connectivity index (χ2n) is 6.68. The number of nitrogens with zero attached hydrogens (tertiary/aromatic N) is 2. The van der Waals surface area contributed by atoms with E-state index in [1.165, 1.54) is 43.5 Å². The highest BCUT2D eigenvalue weighted by molar-refractivity contribution is 5.66. The van der Waals surface area contributed by atoms with Gasteiger partial charge in [-0.3, -0.25) is 4.79 Å². The normalized spacial score (nSPS) is 10.9. The molecule has 0 aliphatic carbocycles. The van der Waals surface area contributed by atoms with Crippen molar-refractivity contribution in [3.05, 3.63) is 54.1 Å². The Morgan fingerprint density at radius 2 is 1.80 bits per heavy atom. The van der Waals surface area contributed by atoms with Gasteiger partial charge in [0.2, 0.25) is 0 Å². The zero-order valence-electron chi connectivity index (χ0n) is 15.4. The van der Waals surface area contributed by atoms with Gasteiger partial charge >= 0.3 is 5.97 Å². The van der Waals surface area contributed by atoms with E-state index in [2.05, 4.69) is 46.5 Å². The molecule has 1 aromatic heterocycles. The average Bonchev–Trinajstić information content (AvgIpc) is 2.99. The van der Waals surface area contributed by atoms with Crippen LogP contribution in [0, 0.1) is 0 Å². The van der Waals surface area contributed by atoms with Crippen molar-refractivity contribution in [3.8, 4) is 0 Å². The van der Waals surface area contributed by atoms with Crippen LogP contribution in [0.4, 0.5) is 0 Å². The Labute approximate surface area is 151 Å². The van der Waals surface area contributed by atoms with Gasteiger partial charge in [0.1, 0.15) is 25.5 Å². The third-order valence-electron chi connectivity index (χ3n) is 4.61. The lowest BCUT2D eigenvalue weighted by Gasteiger charge is -2.06. The van der Waals surface area contributed by atoms with E-state index in [0.29, 0.717) is 6.54 Å². The minimum absolute atomic E-state index is 0.170. The summed E-state index contributed by atoms with van der Waals surface area (Å²) in [4.78, 5) is 10.9. The van der Waals surface area contributed by atoms with E-state index in [9.17, 15) is 4.79 Å². The van der Waals surface area contributed by atoms with Gasteiger partial charge in [-0.2, -0.15) is 0 Å². The molecule has 0 atom stereocenters. The Morgan fingerprint density at radius 1 is 1.08 bits per heavy atom. The number of aryl methyl sites for hydroxylation is 1. The molecule has 136 valence electrons. The van der Waals surface area contributed by atoms with Crippen LogP contribution in [0.25, 0.3) is 0 Å². The molecule has 2 rings (SSSR count). The first-order valence-electron chi connectivity index (χ1n) is 9.54. The standard InChI is InChI=1S/C21H30N2O2/c1-2-3-4-5-6-10-13-20-22(15-14-21(24)25)16-17-23(20)18-19-11-8-7-9-12-19/h7-9,11-12,16-17H,2-6,10,13-15,18H2,1H3/p+1. The smallest absolute Gasteiger partial charge is 0.307 e. The van der Waals surface area contributed by atoms with E-state index in [4.69, 9.17) is 5.11 Å². The molecule has 1 N–H and O–H groups in total. The number of hydrogen-bond donors (Lipinski definition) is 1. The summed E-state index contributed by atoms with van der Waals surface area (Å²) >= 11 is 0. The number of aliphatic carboxylic acids is 1. The fourth-order valence-electron chi connectivity index (χ4n) is 3.19. The molecule has 0 fully saturated rings. The van der Waals surface area contributed by atoms with Gasteiger partial charge in [0, 0.05) is 6.42 Å². The zero-order valence-corrected chi connectivity index (χ0v) is 15.4. The molecular weight excluding hydrogens is 312 g/mol. The number of unbranched alkanes of at least 4 members (excludes halogenated alkanes) is 5. The maximum absolute atomic E-state index is 10.9. The van der Waals surface area contributed by atoms with E-state index in [1.807, 2.05) is 12.3 Å². The average molecular weight is 343 g/mol. The minimum atomic E-state index is -0.742. The number of benzene rings is 1. The van der Waals surface area contributed by atoms with Gasteiger partial charge in [0.25, 0.3) is 5.82 Å². The summed E-state index contributed by atoms with van der Waals surface area (Å²) < 4.78 is 4.38. The van der Waals surface area contributed by atoms with Crippen LogP contribution < -0.4 is 4.57 Å². The van der Waals surface area contributed by atoms with Crippen molar-refractivity contribution < 1.29 is 14.5 Å². The molecule has 0 saturated carbocycles. The summed E-state index contributed by atoms with van der Waals surface area (Å²) in [5, 5.41) is 8.98. The lowest BCUT2D eigenvalue weighted by molar-refractivity contribution is -0.695. The molecule has 0 unspecified atom stereocenters. The number of imidazole rings is 1. The highest BCUT2D eigenvalue weighted by Crippen LogP contribution is 2.10. The monoisotopic (exact) mass is 343 g/mol. The van der Waals surface area contributed by atoms with Gasteiger partial charge in [-0.15, -0.1) is 0 Å². The van der Waals surface area contributed by atoms with Crippen LogP contribution in [0.5, 0.6) is 0 Å². The molecule has 0 bridgehead atoms. The largest absolute Gasteiger partial charge is 0.481 e. The van der Waals surface area contributed by atoms with Crippen molar-refractivity contribution in [1.29, 1.82) is 0 Å². The molecule has 0 saturated heterocycles. The van der Waals surface area contributed by atoms with Crippen LogP contribution in [0.3, 0.4) is 0 Å². The second-order valence-corrected chi connectivity index (χ2v) is 6.68. The van der Waals surface area contributed by atoms with Gasteiger partial charge < -0.3 is 5.11 Å². The predicted molar refractivity (Wildman–Crippen MR) is 99.5 cm³/mol. The maximum Gasteiger partial charge on any atom is 0.307 e. The first-order chi connectivity index (χ1) is 12.2. The van der Waals surface area contributed by atoms with Crippen LogP contribution in [-0.4, -0.2) is 15.6 Å². The van der Waals surface area contributed by atoms with Crippen molar-refractivity contribution in [1.82, 2.24) is 4.57 Å². The third-order valence-corrected chi connectivity index (χ3v) is 4.61. The Morgan fingerprint density at radius 3 is 2.52 bits per heavy atom. The van der Waals surface area contributed by atoms with Crippen molar-refractivity contribution in [3.63, 3.8) is 0 Å². The lowest BCUT2D eigenvalue weighted by Crippen LogP contribution is -2.38. The van der Waals surface area contributed by atoms with Crippen molar-refractivity contribution in [2.75, 3.05) is 0 Å². The summed E-state index contributed by atoms with van der Waals surface area (Å²) in [6.45, 7) is 3.62. The molecule has 2 aromatic rings. The number of rotatable bonds is 12. The van der Waals surface area contributed by atoms with Crippen LogP contribution in [0.15, 0.2) is 42.7 Å². The maximum atomic E-state index is 10.9. The Hall–Kier alpha value is -2.10. The Bertz CT molecular complexity index is 635. The van der Waals surface area contributed by atoms with E-state index >= 15 is 0 Å². The molecule has 0 amide bonds. The van der Waals surface area contributed by atoms with Crippen molar-refractivity contribution in [2.24, 2.45) is 0 Å². The third kappa shape index (κ3) is 6.73. The van der Waals surface area contributed by atoms with Crippen LogP contribution in [0.1, 0.15) is 63.3 Å². The fraction of sp³-hybridized carbons (Fsp3) is 0.524. The first kappa shape index (κ1) is 19.2. The molecule has 0 aliphatic heterocycles. The van der Waals surface area contributed by atoms with Gasteiger partial charge in [0.15, 0.2) is 0 Å². The number of carboxylic acid groups (broad SMARTS) is 1. The van der Waals surface area contributed by atoms with Gasteiger partial charge in [-0.1, -0.05) is 69.4 Å². The molecule has 4 nitrogen and oxygen atoms in total. The number of carbonyl (C=O) groups is 1. The highest BCUT2D eigenvalue weighted by Gasteiger charge is 2.17. The van der Waals surface area contributed by atoms with Crippen LogP contribution in [0.2, 0.25) is 0 Å². The van der Waals surface area contributed by atoms with Gasteiger partial charge in [-0.25, -0.2) is 9.13 Å². The molecule has 1 aromatic carbocycles. The Balaban J connectivity index is 2.00. The Kier molecular flexibility index (Phi) is 8.23. The second kappa shape index (κ2) is 10.7. The number of hydrogen-bond acceptors (Lipinski definition) is 1. The fourth-order valence-corrected chi connectivity index (χ4v) is 3.19. The van der Waals surface area contributed by atoms with Gasteiger partial charge in [-0.05, 0) is 12.0 Å². The summed E-state index contributed by atoms with van der Waals surface area (Å²) in [6, 6.07) is 10.4. The molecule has 0 radical (unpaired) electrons. The SMILES string of the molecule is CCCCCCCCc1n(CCC(=O)O)cc[n+]1Cc1ccccc1. The molecular formula is C21H31N2O2+. The van der Waals surface area contributed by atoms with Crippen molar-refractivity contribution in [2.45, 2.75) is 71.4 Å². The summed E-state index contributed by atoms with van der Waals surface area (Å²) in [5.74, 6) is 0.495. The first-order valence-corrected chi connectivity index (χ1v) is 9.54. The van der Waals surface area contributed by atoms with Crippen LogP contribution in [-0.2, 0) is 24.3 Å². The molecule has 0 spiro atoms. The quantitative estimate of drug-likeness (QED) is 0.464. The topological polar surface area (TPSA) is 46.1 Å². The van der Waals surface area contributed by atoms with Crippen molar-refractivity contribution >= 4 is 5.97 Å². The summed E-state index contributed by atoms with van der Waals surface area (Å²) in [7, 11) is 0. The van der Waals surface area contributed by atoms with E-state index in [-0.39, 0.29) is 6.42 Å². The number of carboxylic acids is 1. The molecule has 0 aliphatic rings. The van der Waals surface area contributed by atoms with E-state index in [1.54, 1.807) is 0 Å². The summed E-state index contributed by atoms with van der Waals surface area (Å²) in [5.41, 5.74) is 1.27. The van der Waals surface area contributed by atoms with E-state index in [0.717, 1.165) is 19.4 Å². The number of aromatic nitrogens is 2.